The second kappa shape index (κ2) is 6.19. The van der Waals surface area contributed by atoms with Crippen LogP contribution >= 0.6 is 0 Å². The summed E-state index contributed by atoms with van der Waals surface area (Å²) in [5, 5.41) is 2.39. The van der Waals surface area contributed by atoms with Crippen LogP contribution in [0.5, 0.6) is 0 Å². The summed E-state index contributed by atoms with van der Waals surface area (Å²) in [4.78, 5) is 0. The topological polar surface area (TPSA) is 3.88 Å². The highest BCUT2D eigenvalue weighted by atomic mass is 14.9. The van der Waals surface area contributed by atoms with Crippen molar-refractivity contribution < 1.29 is 5.94 Å². The zero-order valence-electron chi connectivity index (χ0n) is 18.8. The molecule has 1 heterocycles. The Kier molecular flexibility index (Phi) is 3.89. The predicted molar refractivity (Wildman–Crippen MR) is 115 cm³/mol. The van der Waals surface area contributed by atoms with Crippen LogP contribution < -0.4 is 4.57 Å². The quantitative estimate of drug-likeness (QED) is 0.470. The number of fused-ring (bicyclic) bond motifs is 2. The molecule has 0 spiro atoms. The number of benzene rings is 2. The molecule has 1 aliphatic rings. The lowest BCUT2D eigenvalue weighted by Gasteiger charge is -2.35. The first-order valence-corrected chi connectivity index (χ1v) is 10.3. The van der Waals surface area contributed by atoms with Crippen molar-refractivity contribution in [3.05, 3.63) is 64.3 Å². The van der Waals surface area contributed by atoms with Crippen molar-refractivity contribution in [3.8, 4) is 11.3 Å². The molecule has 0 saturated heterocycles. The van der Waals surface area contributed by atoms with Crippen LogP contribution in [0.3, 0.4) is 0 Å². The molecule has 0 atom stereocenters. The monoisotopic (exact) mass is 359 g/mol. The lowest BCUT2D eigenvalue weighted by Crippen LogP contribution is -2.38. The fourth-order valence-electron chi connectivity index (χ4n) is 5.06. The van der Waals surface area contributed by atoms with Gasteiger partial charge in [-0.15, -0.1) is 0 Å². The summed E-state index contributed by atoms with van der Waals surface area (Å²) in [5.41, 5.74) is 9.07. The average Bonchev–Trinajstić information content (AvgIpc) is 2.67. The summed E-state index contributed by atoms with van der Waals surface area (Å²) in [7, 11) is 2.12. The van der Waals surface area contributed by atoms with Gasteiger partial charge >= 0.3 is 0 Å². The molecule has 4 rings (SSSR count). The number of rotatable bonds is 3. The van der Waals surface area contributed by atoms with E-state index in [1.54, 1.807) is 0 Å². The third-order valence-corrected chi connectivity index (χ3v) is 6.86. The first-order chi connectivity index (χ1) is 13.2. The highest BCUT2D eigenvalue weighted by molar-refractivity contribution is 6.01. The third kappa shape index (κ3) is 2.47. The Balaban J connectivity index is 2.26. The molecule has 1 nitrogen and oxygen atoms in total. The van der Waals surface area contributed by atoms with E-state index in [1.165, 1.54) is 38.9 Å². The number of aromatic nitrogens is 1. The molecule has 1 aromatic heterocycles. The van der Waals surface area contributed by atoms with Crippen LogP contribution in [-0.4, -0.2) is 0 Å². The van der Waals surface area contributed by atoms with E-state index in [0.29, 0.717) is 12.0 Å². The minimum absolute atomic E-state index is 0.0800. The lowest BCUT2D eigenvalue weighted by molar-refractivity contribution is -0.665. The minimum Gasteiger partial charge on any atom is -0.198 e. The molecule has 0 radical (unpaired) electrons. The molecule has 0 aliphatic heterocycles. The summed E-state index contributed by atoms with van der Waals surface area (Å²) < 4.78 is 11.2. The van der Waals surface area contributed by atoms with Gasteiger partial charge in [0.2, 0.25) is 5.69 Å². The summed E-state index contributed by atoms with van der Waals surface area (Å²) in [6.45, 7) is 13.5. The molecule has 0 N–H and O–H groups in total. The van der Waals surface area contributed by atoms with E-state index in [4.69, 9.17) is 1.37 Å². The second-order valence-electron chi connectivity index (χ2n) is 8.74. The molecule has 140 valence electrons. The largest absolute Gasteiger partial charge is 0.221 e. The molecule has 0 bridgehead atoms. The maximum atomic E-state index is 8.92. The van der Waals surface area contributed by atoms with Crippen molar-refractivity contribution in [2.45, 2.75) is 65.7 Å². The molecule has 0 amide bonds. The molecule has 0 unspecified atom stereocenters. The molecule has 1 aliphatic carbocycles. The number of nitrogens with zero attached hydrogens (tertiary/aromatic N) is 1. The van der Waals surface area contributed by atoms with Crippen LogP contribution in [0.4, 0.5) is 0 Å². The van der Waals surface area contributed by atoms with Gasteiger partial charge in [-0.1, -0.05) is 58.0 Å². The Bertz CT molecular complexity index is 1100. The van der Waals surface area contributed by atoms with E-state index in [0.717, 1.165) is 23.9 Å². The van der Waals surface area contributed by atoms with E-state index in [2.05, 4.69) is 83.5 Å². The SMILES string of the molecule is [2H]c1c(C)[n+](C)c2c3c(cc(C(CC)CC)cc13)C(C)(C)c1cccc(C)c1-2. The van der Waals surface area contributed by atoms with Gasteiger partial charge in [0.05, 0.1) is 12.3 Å². The smallest absolute Gasteiger partial charge is 0.198 e. The molecular formula is C26H32N+. The maximum absolute atomic E-state index is 8.92. The van der Waals surface area contributed by atoms with Gasteiger partial charge in [0.15, 0.2) is 5.69 Å². The molecule has 0 fully saturated rings. The standard InChI is InChI=1S/C26H32N/c1-8-18(9-2)19-14-20-13-17(4)27(7)25-23-16(3)11-10-12-21(23)26(5,6)22(15-19)24(20)25/h10-15,18H,8-9H2,1-7H3/q+1/i13D. The Labute approximate surface area is 165 Å². The lowest BCUT2D eigenvalue weighted by atomic mass is 9.68. The van der Waals surface area contributed by atoms with Crippen molar-refractivity contribution in [1.82, 2.24) is 0 Å². The highest BCUT2D eigenvalue weighted by Crippen LogP contribution is 2.49. The summed E-state index contributed by atoms with van der Waals surface area (Å²) in [5.74, 6) is 0.549. The minimum atomic E-state index is -0.0800. The van der Waals surface area contributed by atoms with Crippen molar-refractivity contribution in [2.75, 3.05) is 0 Å². The molecule has 0 saturated carbocycles. The number of hydrogen-bond acceptors (Lipinski definition) is 0. The molecular weight excluding hydrogens is 326 g/mol. The fraction of sp³-hybridized carbons (Fsp3) is 0.423. The Morgan fingerprint density at radius 2 is 1.78 bits per heavy atom. The highest BCUT2D eigenvalue weighted by Gasteiger charge is 2.39. The van der Waals surface area contributed by atoms with Crippen LogP contribution in [0.2, 0.25) is 0 Å². The average molecular weight is 360 g/mol. The molecule has 3 aromatic rings. The third-order valence-electron chi connectivity index (χ3n) is 6.86. The first-order valence-electron chi connectivity index (χ1n) is 10.8. The van der Waals surface area contributed by atoms with Gasteiger partial charge in [0.1, 0.15) is 7.05 Å². The van der Waals surface area contributed by atoms with Crippen molar-refractivity contribution in [1.29, 1.82) is 0 Å². The summed E-state index contributed by atoms with van der Waals surface area (Å²) in [6, 6.07) is 12.1. The van der Waals surface area contributed by atoms with Gasteiger partial charge in [-0.2, -0.15) is 4.57 Å². The normalized spacial score (nSPS) is 15.2. The van der Waals surface area contributed by atoms with Gasteiger partial charge in [-0.3, -0.25) is 0 Å². The maximum Gasteiger partial charge on any atom is 0.221 e. The Morgan fingerprint density at radius 1 is 1.07 bits per heavy atom. The van der Waals surface area contributed by atoms with E-state index in [1.807, 2.05) is 0 Å². The van der Waals surface area contributed by atoms with E-state index in [9.17, 15) is 0 Å². The van der Waals surface area contributed by atoms with Crippen molar-refractivity contribution in [2.24, 2.45) is 7.05 Å². The summed E-state index contributed by atoms with van der Waals surface area (Å²) in [6.07, 6.45) is 2.27. The zero-order chi connectivity index (χ0) is 20.4. The van der Waals surface area contributed by atoms with Gasteiger partial charge < -0.3 is 0 Å². The first kappa shape index (κ1) is 17.0. The summed E-state index contributed by atoms with van der Waals surface area (Å²) >= 11 is 0. The Hall–Kier alpha value is -2.15. The van der Waals surface area contributed by atoms with E-state index in [-0.39, 0.29) is 5.41 Å². The number of hydrogen-bond donors (Lipinski definition) is 0. The van der Waals surface area contributed by atoms with Gasteiger partial charge in [-0.25, -0.2) is 0 Å². The molecule has 2 aromatic carbocycles. The van der Waals surface area contributed by atoms with Gasteiger partial charge in [0, 0.05) is 18.4 Å². The van der Waals surface area contributed by atoms with Crippen LogP contribution in [0.15, 0.2) is 36.4 Å². The van der Waals surface area contributed by atoms with E-state index < -0.39 is 0 Å². The molecule has 1 heteroatoms. The second-order valence-corrected chi connectivity index (χ2v) is 8.74. The van der Waals surface area contributed by atoms with Crippen LogP contribution in [-0.2, 0) is 12.5 Å². The zero-order valence-corrected chi connectivity index (χ0v) is 17.8. The number of aryl methyl sites for hydroxylation is 1. The van der Waals surface area contributed by atoms with Crippen molar-refractivity contribution in [3.63, 3.8) is 0 Å². The number of pyridine rings is 1. The predicted octanol–water partition coefficient (Wildman–Crippen LogP) is 6.49. The van der Waals surface area contributed by atoms with Crippen LogP contribution in [0.25, 0.3) is 22.0 Å². The van der Waals surface area contributed by atoms with Crippen molar-refractivity contribution >= 4 is 10.8 Å². The van der Waals surface area contributed by atoms with Crippen LogP contribution in [0.1, 0.15) is 75.8 Å². The van der Waals surface area contributed by atoms with Gasteiger partial charge in [0.25, 0.3) is 0 Å². The van der Waals surface area contributed by atoms with Crippen LogP contribution in [0, 0.1) is 13.8 Å². The Morgan fingerprint density at radius 3 is 2.44 bits per heavy atom. The van der Waals surface area contributed by atoms with E-state index >= 15 is 0 Å². The fourth-order valence-corrected chi connectivity index (χ4v) is 5.06. The van der Waals surface area contributed by atoms with Gasteiger partial charge in [-0.05, 0) is 53.3 Å². The molecule has 27 heavy (non-hydrogen) atoms.